The lowest BCUT2D eigenvalue weighted by molar-refractivity contribution is -0.139. The summed E-state index contributed by atoms with van der Waals surface area (Å²) in [6.07, 6.45) is 5.27. The molecule has 3 aliphatic rings. The fourth-order valence-corrected chi connectivity index (χ4v) is 6.05. The first kappa shape index (κ1) is 17.9. The van der Waals surface area contributed by atoms with Gasteiger partial charge < -0.3 is 4.90 Å². The number of piperidine rings is 2. The SMILES string of the molecule is O=C1CCC2(CCCN(S(=O)(=O)Cc3ccc(F)cc3)C2)CN1C1CC1. The van der Waals surface area contributed by atoms with Crippen molar-refractivity contribution in [3.05, 3.63) is 35.6 Å². The first-order chi connectivity index (χ1) is 12.4. The van der Waals surface area contributed by atoms with Crippen molar-refractivity contribution >= 4 is 15.9 Å². The number of nitrogens with zero attached hydrogens (tertiary/aromatic N) is 2. The molecule has 1 amide bonds. The third-order valence-electron chi connectivity index (χ3n) is 5.97. The van der Waals surface area contributed by atoms with Crippen molar-refractivity contribution in [1.29, 1.82) is 0 Å². The van der Waals surface area contributed by atoms with Crippen LogP contribution in [0.15, 0.2) is 24.3 Å². The molecule has 1 aromatic carbocycles. The Bertz CT molecular complexity index is 792. The van der Waals surface area contributed by atoms with Gasteiger partial charge in [-0.2, -0.15) is 0 Å². The highest BCUT2D eigenvalue weighted by atomic mass is 32.2. The van der Waals surface area contributed by atoms with Crippen molar-refractivity contribution in [3.63, 3.8) is 0 Å². The molecule has 1 spiro atoms. The number of hydrogen-bond acceptors (Lipinski definition) is 3. The molecule has 2 aliphatic heterocycles. The van der Waals surface area contributed by atoms with Gasteiger partial charge in [0.25, 0.3) is 0 Å². The van der Waals surface area contributed by atoms with Gasteiger partial charge in [0.1, 0.15) is 5.82 Å². The van der Waals surface area contributed by atoms with Crippen LogP contribution in [0.5, 0.6) is 0 Å². The van der Waals surface area contributed by atoms with Gasteiger partial charge in [-0.15, -0.1) is 0 Å². The van der Waals surface area contributed by atoms with Crippen LogP contribution in [-0.2, 0) is 20.6 Å². The Hall–Kier alpha value is -1.47. The van der Waals surface area contributed by atoms with Gasteiger partial charge in [0.05, 0.1) is 5.75 Å². The Morgan fingerprint density at radius 2 is 1.85 bits per heavy atom. The average Bonchev–Trinajstić information content (AvgIpc) is 3.44. The van der Waals surface area contributed by atoms with Crippen LogP contribution in [-0.4, -0.2) is 49.2 Å². The van der Waals surface area contributed by atoms with Gasteiger partial charge in [-0.3, -0.25) is 4.79 Å². The molecule has 0 aromatic heterocycles. The quantitative estimate of drug-likeness (QED) is 0.807. The highest BCUT2D eigenvalue weighted by Crippen LogP contribution is 2.43. The van der Waals surface area contributed by atoms with Gasteiger partial charge >= 0.3 is 0 Å². The first-order valence-corrected chi connectivity index (χ1v) is 11.0. The molecule has 1 aromatic rings. The van der Waals surface area contributed by atoms with E-state index in [9.17, 15) is 17.6 Å². The molecule has 1 unspecified atom stereocenters. The van der Waals surface area contributed by atoms with Crippen LogP contribution >= 0.6 is 0 Å². The normalized spacial score (nSPS) is 27.9. The van der Waals surface area contributed by atoms with E-state index in [1.807, 2.05) is 4.90 Å². The van der Waals surface area contributed by atoms with Crippen molar-refractivity contribution in [2.75, 3.05) is 19.6 Å². The molecular formula is C19H25FN2O3S. The standard InChI is InChI=1S/C19H25FN2O3S/c20-16-4-2-15(3-5-16)12-26(24,25)21-11-1-9-19(13-21)10-8-18(23)22(14-19)17-6-7-17/h2-5,17H,1,6-14H2. The van der Waals surface area contributed by atoms with Crippen LogP contribution < -0.4 is 0 Å². The maximum Gasteiger partial charge on any atom is 0.222 e. The summed E-state index contributed by atoms with van der Waals surface area (Å²) in [6.45, 7) is 1.72. The van der Waals surface area contributed by atoms with Crippen molar-refractivity contribution in [1.82, 2.24) is 9.21 Å². The average molecular weight is 380 g/mol. The summed E-state index contributed by atoms with van der Waals surface area (Å²) in [4.78, 5) is 14.2. The Balaban J connectivity index is 1.48. The molecule has 3 fully saturated rings. The second-order valence-electron chi connectivity index (χ2n) is 8.07. The zero-order chi connectivity index (χ0) is 18.4. The third kappa shape index (κ3) is 3.64. The summed E-state index contributed by atoms with van der Waals surface area (Å²) >= 11 is 0. The first-order valence-electron chi connectivity index (χ1n) is 9.39. The molecule has 2 saturated heterocycles. The van der Waals surface area contributed by atoms with Gasteiger partial charge in [0.2, 0.25) is 15.9 Å². The van der Waals surface area contributed by atoms with E-state index in [-0.39, 0.29) is 22.9 Å². The minimum Gasteiger partial charge on any atom is -0.339 e. The van der Waals surface area contributed by atoms with E-state index in [2.05, 4.69) is 0 Å². The molecule has 1 saturated carbocycles. The number of carbonyl (C=O) groups excluding carboxylic acids is 1. The second kappa shape index (κ2) is 6.60. The van der Waals surface area contributed by atoms with E-state index >= 15 is 0 Å². The van der Waals surface area contributed by atoms with Crippen LogP contribution in [0, 0.1) is 11.2 Å². The molecular weight excluding hydrogens is 355 g/mol. The number of halogens is 1. The Kier molecular flexibility index (Phi) is 4.55. The fraction of sp³-hybridized carbons (Fsp3) is 0.632. The van der Waals surface area contributed by atoms with Crippen LogP contribution in [0.4, 0.5) is 4.39 Å². The smallest absolute Gasteiger partial charge is 0.222 e. The summed E-state index contributed by atoms with van der Waals surface area (Å²) in [6, 6.07) is 6.03. The number of rotatable bonds is 4. The van der Waals surface area contributed by atoms with E-state index in [0.717, 1.165) is 32.1 Å². The Labute approximate surface area is 154 Å². The number of carbonyl (C=O) groups is 1. The lowest BCUT2D eigenvalue weighted by Crippen LogP contribution is -2.55. The number of likely N-dealkylation sites (tertiary alicyclic amines) is 1. The zero-order valence-corrected chi connectivity index (χ0v) is 15.7. The predicted octanol–water partition coefficient (Wildman–Crippen LogP) is 2.52. The van der Waals surface area contributed by atoms with Crippen molar-refractivity contribution < 1.29 is 17.6 Å². The molecule has 142 valence electrons. The maximum absolute atomic E-state index is 13.1. The molecule has 0 N–H and O–H groups in total. The highest BCUT2D eigenvalue weighted by Gasteiger charge is 2.47. The minimum atomic E-state index is -3.45. The monoisotopic (exact) mass is 380 g/mol. The van der Waals surface area contributed by atoms with Gasteiger partial charge in [-0.05, 0) is 49.8 Å². The number of hydrogen-bond donors (Lipinski definition) is 0. The lowest BCUT2D eigenvalue weighted by atomic mass is 9.74. The van der Waals surface area contributed by atoms with E-state index < -0.39 is 10.0 Å². The van der Waals surface area contributed by atoms with E-state index in [0.29, 0.717) is 37.7 Å². The van der Waals surface area contributed by atoms with Crippen molar-refractivity contribution in [2.24, 2.45) is 5.41 Å². The van der Waals surface area contributed by atoms with Crippen molar-refractivity contribution in [2.45, 2.75) is 50.3 Å². The fourth-order valence-electron chi connectivity index (χ4n) is 4.38. The number of sulfonamides is 1. The summed E-state index contributed by atoms with van der Waals surface area (Å²) in [5.74, 6) is -0.242. The lowest BCUT2D eigenvalue weighted by Gasteiger charge is -2.48. The largest absolute Gasteiger partial charge is 0.339 e. The molecule has 0 radical (unpaired) electrons. The molecule has 4 rings (SSSR count). The Morgan fingerprint density at radius 1 is 1.12 bits per heavy atom. The molecule has 7 heteroatoms. The summed E-state index contributed by atoms with van der Waals surface area (Å²) < 4.78 is 40.5. The summed E-state index contributed by atoms with van der Waals surface area (Å²) in [5.41, 5.74) is 0.495. The topological polar surface area (TPSA) is 57.7 Å². The van der Waals surface area contributed by atoms with Gasteiger partial charge in [0, 0.05) is 37.5 Å². The van der Waals surface area contributed by atoms with Crippen LogP contribution in [0.3, 0.4) is 0 Å². The van der Waals surface area contributed by atoms with Gasteiger partial charge in [0.15, 0.2) is 0 Å². The van der Waals surface area contributed by atoms with Crippen molar-refractivity contribution in [3.8, 4) is 0 Å². The zero-order valence-electron chi connectivity index (χ0n) is 14.9. The van der Waals surface area contributed by atoms with E-state index in [4.69, 9.17) is 0 Å². The predicted molar refractivity (Wildman–Crippen MR) is 96.2 cm³/mol. The molecule has 1 atom stereocenters. The van der Waals surface area contributed by atoms with Gasteiger partial charge in [-0.1, -0.05) is 12.1 Å². The van der Waals surface area contributed by atoms with Crippen LogP contribution in [0.1, 0.15) is 44.1 Å². The summed E-state index contributed by atoms with van der Waals surface area (Å²) in [7, 11) is -3.45. The molecule has 1 aliphatic carbocycles. The highest BCUT2D eigenvalue weighted by molar-refractivity contribution is 7.88. The number of benzene rings is 1. The maximum atomic E-state index is 13.1. The second-order valence-corrected chi connectivity index (χ2v) is 10.0. The Morgan fingerprint density at radius 3 is 2.54 bits per heavy atom. The third-order valence-corrected chi connectivity index (χ3v) is 7.76. The summed E-state index contributed by atoms with van der Waals surface area (Å²) in [5, 5.41) is 0. The minimum absolute atomic E-state index is 0.103. The van der Waals surface area contributed by atoms with Gasteiger partial charge in [-0.25, -0.2) is 17.1 Å². The molecule has 2 heterocycles. The van der Waals surface area contributed by atoms with Crippen LogP contribution in [0.25, 0.3) is 0 Å². The molecule has 5 nitrogen and oxygen atoms in total. The number of amides is 1. The van der Waals surface area contributed by atoms with E-state index in [1.165, 1.54) is 24.3 Å². The van der Waals surface area contributed by atoms with E-state index in [1.54, 1.807) is 4.31 Å². The molecule has 0 bridgehead atoms. The van der Waals surface area contributed by atoms with Crippen LogP contribution in [0.2, 0.25) is 0 Å². The molecule has 26 heavy (non-hydrogen) atoms.